The molecule has 8 nitrogen and oxygen atoms in total. The van der Waals surface area contributed by atoms with Gasteiger partial charge >= 0.3 is 0 Å². The topological polar surface area (TPSA) is 95.9 Å². The Morgan fingerprint density at radius 1 is 1.14 bits per heavy atom. The standard InChI is InChI=1S/C26H32N4O4S/c1-19-15-30(20(2)18-31)35(32,33)26-7-6-22(23-5-4-10-28-14-23)13-24(26)34-25(19)17-29(3)16-21-8-11-27-12-9-21/h4-14,19-20,25,31H,15-18H2,1-3H3/t19-,20-,25+/m0/s1. The van der Waals surface area contributed by atoms with Crippen molar-refractivity contribution in [2.75, 3.05) is 26.7 Å². The molecule has 1 aliphatic heterocycles. The Bertz CT molecular complexity index is 1220. The number of sulfonamides is 1. The highest BCUT2D eigenvalue weighted by Crippen LogP contribution is 2.36. The summed E-state index contributed by atoms with van der Waals surface area (Å²) in [5.74, 6) is 0.198. The van der Waals surface area contributed by atoms with E-state index < -0.39 is 16.1 Å². The molecule has 3 aromatic rings. The maximum Gasteiger partial charge on any atom is 0.247 e. The van der Waals surface area contributed by atoms with Gasteiger partial charge in [-0.2, -0.15) is 4.31 Å². The Morgan fingerprint density at radius 3 is 2.60 bits per heavy atom. The quantitative estimate of drug-likeness (QED) is 0.537. The van der Waals surface area contributed by atoms with E-state index in [0.29, 0.717) is 18.8 Å². The van der Waals surface area contributed by atoms with Crippen LogP contribution in [0.3, 0.4) is 0 Å². The number of hydrogen-bond donors (Lipinski definition) is 1. The molecule has 1 aromatic carbocycles. The van der Waals surface area contributed by atoms with E-state index in [4.69, 9.17) is 4.74 Å². The fraction of sp³-hybridized carbons (Fsp3) is 0.385. The van der Waals surface area contributed by atoms with Gasteiger partial charge in [0.25, 0.3) is 0 Å². The molecular formula is C26H32N4O4S. The number of ether oxygens (including phenoxy) is 1. The second-order valence-electron chi connectivity index (χ2n) is 9.20. The molecule has 0 saturated carbocycles. The number of benzene rings is 1. The van der Waals surface area contributed by atoms with Gasteiger partial charge in [0, 0.05) is 61.9 Å². The first-order valence-electron chi connectivity index (χ1n) is 11.7. The molecule has 4 rings (SSSR count). The number of likely N-dealkylation sites (N-methyl/N-ethyl adjacent to an activating group) is 1. The van der Waals surface area contributed by atoms with E-state index >= 15 is 0 Å². The van der Waals surface area contributed by atoms with Crippen LogP contribution >= 0.6 is 0 Å². The van der Waals surface area contributed by atoms with E-state index in [2.05, 4.69) is 14.9 Å². The van der Waals surface area contributed by atoms with Crippen LogP contribution in [0, 0.1) is 5.92 Å². The Balaban J connectivity index is 1.72. The average molecular weight is 497 g/mol. The van der Waals surface area contributed by atoms with E-state index in [1.807, 2.05) is 38.2 Å². The van der Waals surface area contributed by atoms with Gasteiger partial charge in [0.05, 0.1) is 6.61 Å². The van der Waals surface area contributed by atoms with Crippen molar-refractivity contribution in [2.45, 2.75) is 37.4 Å². The number of fused-ring (bicyclic) bond motifs is 1. The summed E-state index contributed by atoms with van der Waals surface area (Å²) in [6, 6.07) is 12.3. The molecular weight excluding hydrogens is 464 g/mol. The largest absolute Gasteiger partial charge is 0.487 e. The van der Waals surface area contributed by atoms with Crippen LogP contribution in [-0.2, 0) is 16.6 Å². The summed E-state index contributed by atoms with van der Waals surface area (Å²) in [6.45, 7) is 5.02. The fourth-order valence-corrected chi connectivity index (χ4v) is 6.15. The van der Waals surface area contributed by atoms with Crippen LogP contribution in [0.1, 0.15) is 19.4 Å². The lowest BCUT2D eigenvalue weighted by Gasteiger charge is -2.37. The zero-order valence-corrected chi connectivity index (χ0v) is 21.1. The molecule has 1 aliphatic rings. The van der Waals surface area contributed by atoms with Gasteiger partial charge in [-0.15, -0.1) is 0 Å². The molecule has 1 N–H and O–H groups in total. The van der Waals surface area contributed by atoms with Crippen molar-refractivity contribution in [3.8, 4) is 16.9 Å². The first kappa shape index (κ1) is 25.2. The van der Waals surface area contributed by atoms with Crippen molar-refractivity contribution >= 4 is 10.0 Å². The normalized spacial score (nSPS) is 20.9. The zero-order chi connectivity index (χ0) is 25.0. The molecule has 186 valence electrons. The number of hydrogen-bond acceptors (Lipinski definition) is 7. The summed E-state index contributed by atoms with van der Waals surface area (Å²) in [5.41, 5.74) is 2.84. The molecule has 0 fully saturated rings. The fourth-order valence-electron chi connectivity index (χ4n) is 4.33. The monoisotopic (exact) mass is 496 g/mol. The molecule has 2 aromatic heterocycles. The van der Waals surface area contributed by atoms with Gasteiger partial charge in [0.2, 0.25) is 10.0 Å². The van der Waals surface area contributed by atoms with Crippen LogP contribution in [0.5, 0.6) is 5.75 Å². The van der Waals surface area contributed by atoms with Crippen LogP contribution in [0.4, 0.5) is 0 Å². The summed E-state index contributed by atoms with van der Waals surface area (Å²) >= 11 is 0. The average Bonchev–Trinajstić information content (AvgIpc) is 2.86. The minimum absolute atomic E-state index is 0.110. The molecule has 0 spiro atoms. The molecule has 0 bridgehead atoms. The number of aliphatic hydroxyl groups is 1. The van der Waals surface area contributed by atoms with Gasteiger partial charge in [-0.25, -0.2) is 8.42 Å². The lowest BCUT2D eigenvalue weighted by Crippen LogP contribution is -2.49. The van der Waals surface area contributed by atoms with E-state index in [1.54, 1.807) is 49.9 Å². The molecule has 35 heavy (non-hydrogen) atoms. The van der Waals surface area contributed by atoms with Crippen molar-refractivity contribution < 1.29 is 18.3 Å². The SMILES string of the molecule is C[C@H]1CN([C@@H](C)CO)S(=O)(=O)c2ccc(-c3cccnc3)cc2O[C@@H]1CN(C)Cc1ccncc1. The second-order valence-corrected chi connectivity index (χ2v) is 11.1. The summed E-state index contributed by atoms with van der Waals surface area (Å²) in [7, 11) is -1.85. The number of rotatable bonds is 7. The Morgan fingerprint density at radius 2 is 1.91 bits per heavy atom. The highest BCUT2D eigenvalue weighted by Gasteiger charge is 2.38. The highest BCUT2D eigenvalue weighted by atomic mass is 32.2. The van der Waals surface area contributed by atoms with E-state index in [9.17, 15) is 13.5 Å². The third kappa shape index (κ3) is 5.70. The number of pyridine rings is 2. The van der Waals surface area contributed by atoms with Crippen LogP contribution < -0.4 is 4.74 Å². The molecule has 0 saturated heterocycles. The lowest BCUT2D eigenvalue weighted by atomic mass is 10.0. The van der Waals surface area contributed by atoms with Gasteiger partial charge < -0.3 is 9.84 Å². The number of aliphatic hydroxyl groups excluding tert-OH is 1. The summed E-state index contributed by atoms with van der Waals surface area (Å²) in [5, 5.41) is 9.83. The predicted octanol–water partition coefficient (Wildman–Crippen LogP) is 3.04. The Labute approximate surface area is 207 Å². The molecule has 0 radical (unpaired) electrons. The zero-order valence-electron chi connectivity index (χ0n) is 20.3. The van der Waals surface area contributed by atoms with Gasteiger partial charge in [0.1, 0.15) is 16.7 Å². The Hall–Kier alpha value is -2.85. The smallest absolute Gasteiger partial charge is 0.247 e. The number of aromatic nitrogens is 2. The lowest BCUT2D eigenvalue weighted by molar-refractivity contribution is 0.0734. The summed E-state index contributed by atoms with van der Waals surface area (Å²) < 4.78 is 35.2. The van der Waals surface area contributed by atoms with Gasteiger partial charge in [-0.3, -0.25) is 14.9 Å². The van der Waals surface area contributed by atoms with Crippen molar-refractivity contribution in [3.63, 3.8) is 0 Å². The third-order valence-corrected chi connectivity index (χ3v) is 8.37. The highest BCUT2D eigenvalue weighted by molar-refractivity contribution is 7.89. The van der Waals surface area contributed by atoms with E-state index in [-0.39, 0.29) is 30.1 Å². The predicted molar refractivity (Wildman–Crippen MR) is 134 cm³/mol. The van der Waals surface area contributed by atoms with E-state index in [1.165, 1.54) is 4.31 Å². The van der Waals surface area contributed by atoms with Crippen LogP contribution in [-0.4, -0.2) is 71.6 Å². The first-order valence-corrected chi connectivity index (χ1v) is 13.1. The maximum absolute atomic E-state index is 13.6. The maximum atomic E-state index is 13.6. The van der Waals surface area contributed by atoms with Gasteiger partial charge in [-0.05, 0) is 55.4 Å². The van der Waals surface area contributed by atoms with Gasteiger partial charge in [0.15, 0.2) is 0 Å². The van der Waals surface area contributed by atoms with Crippen LogP contribution in [0.25, 0.3) is 11.1 Å². The minimum Gasteiger partial charge on any atom is -0.487 e. The van der Waals surface area contributed by atoms with Gasteiger partial charge in [-0.1, -0.05) is 19.1 Å². The van der Waals surface area contributed by atoms with Crippen LogP contribution in [0.2, 0.25) is 0 Å². The Kier molecular flexibility index (Phi) is 7.81. The number of nitrogens with zero attached hydrogens (tertiary/aromatic N) is 4. The summed E-state index contributed by atoms with van der Waals surface area (Å²) in [4.78, 5) is 10.5. The van der Waals surface area contributed by atoms with Crippen LogP contribution in [0.15, 0.2) is 72.1 Å². The molecule has 3 heterocycles. The molecule has 0 unspecified atom stereocenters. The first-order chi connectivity index (χ1) is 16.8. The second kappa shape index (κ2) is 10.8. The van der Waals surface area contributed by atoms with Crippen molar-refractivity contribution in [3.05, 3.63) is 72.8 Å². The third-order valence-electron chi connectivity index (χ3n) is 6.36. The molecule has 3 atom stereocenters. The minimum atomic E-state index is -3.87. The van der Waals surface area contributed by atoms with Crippen molar-refractivity contribution in [1.82, 2.24) is 19.2 Å². The molecule has 9 heteroatoms. The van der Waals surface area contributed by atoms with Crippen molar-refractivity contribution in [1.29, 1.82) is 0 Å². The summed E-state index contributed by atoms with van der Waals surface area (Å²) in [6.07, 6.45) is 6.71. The molecule has 0 amide bonds. The van der Waals surface area contributed by atoms with E-state index in [0.717, 1.165) is 16.7 Å². The molecule has 0 aliphatic carbocycles. The van der Waals surface area contributed by atoms with Crippen molar-refractivity contribution in [2.24, 2.45) is 5.92 Å².